The van der Waals surface area contributed by atoms with Crippen molar-refractivity contribution in [2.45, 2.75) is 197 Å². The zero-order chi connectivity index (χ0) is 30.8. The summed E-state index contributed by atoms with van der Waals surface area (Å²) < 4.78 is 28.5. The summed E-state index contributed by atoms with van der Waals surface area (Å²) in [6.45, 7) is 27.7. The van der Waals surface area contributed by atoms with E-state index < -0.39 is 19.5 Å². The molecule has 0 aliphatic rings. The van der Waals surface area contributed by atoms with Gasteiger partial charge in [0.2, 0.25) is 0 Å². The molecule has 0 heterocycles. The van der Waals surface area contributed by atoms with Crippen LogP contribution in [0.4, 0.5) is 0 Å². The molecule has 0 unspecified atom stereocenters. The summed E-state index contributed by atoms with van der Waals surface area (Å²) >= 11 is 0. The summed E-state index contributed by atoms with van der Waals surface area (Å²) in [5.41, 5.74) is -0.790. The Kier molecular flexibility index (Phi) is 21.7. The molecular weight excluding hydrogens is 511 g/mol. The standard InChI is InChI=1S/C36H74O3P/c1-13-29(14-2)25-35(33(21-9)22-10,26-30(15-3)16-4)38-40(37)39-36(34(23-11)24-12,27-31(17-5)18-6)28-32(19-7)20-8/h29-34H,13-28H2,1-12H3/q+1. The van der Waals surface area contributed by atoms with Crippen LogP contribution in [-0.2, 0) is 13.6 Å². The van der Waals surface area contributed by atoms with E-state index in [1.54, 1.807) is 0 Å². The maximum atomic E-state index is 14.5. The van der Waals surface area contributed by atoms with Crippen LogP contribution in [0.25, 0.3) is 0 Å². The molecule has 0 fully saturated rings. The second kappa shape index (κ2) is 21.7. The van der Waals surface area contributed by atoms with Crippen LogP contribution in [0.15, 0.2) is 0 Å². The minimum Gasteiger partial charge on any atom is -0.112 e. The maximum Gasteiger partial charge on any atom is 0.698 e. The van der Waals surface area contributed by atoms with Crippen LogP contribution in [0.3, 0.4) is 0 Å². The predicted octanol–water partition coefficient (Wildman–Crippen LogP) is 13.3. The summed E-state index contributed by atoms with van der Waals surface area (Å²) in [5, 5.41) is 0. The first-order valence-electron chi connectivity index (χ1n) is 18.0. The van der Waals surface area contributed by atoms with Gasteiger partial charge in [-0.05, 0) is 61.2 Å². The van der Waals surface area contributed by atoms with Gasteiger partial charge in [-0.15, -0.1) is 9.05 Å². The van der Waals surface area contributed by atoms with Gasteiger partial charge in [0.15, 0.2) is 0 Å². The summed E-state index contributed by atoms with van der Waals surface area (Å²) in [7, 11) is -2.26. The zero-order valence-corrected chi connectivity index (χ0v) is 30.3. The lowest BCUT2D eigenvalue weighted by Gasteiger charge is -2.42. The van der Waals surface area contributed by atoms with Crippen molar-refractivity contribution in [2.75, 3.05) is 0 Å². The summed E-state index contributed by atoms with van der Waals surface area (Å²) in [5.74, 6) is 3.09. The monoisotopic (exact) mass is 586 g/mol. The number of hydrogen-bond acceptors (Lipinski definition) is 3. The highest BCUT2D eigenvalue weighted by atomic mass is 31.1. The highest BCUT2D eigenvalue weighted by Crippen LogP contribution is 2.53. The molecular formula is C36H74O3P+. The Hall–Kier alpha value is 0.0200. The third kappa shape index (κ3) is 12.0. The van der Waals surface area contributed by atoms with E-state index in [0.29, 0.717) is 35.5 Å². The van der Waals surface area contributed by atoms with Gasteiger partial charge in [-0.25, -0.2) is 0 Å². The van der Waals surface area contributed by atoms with Crippen LogP contribution in [0.1, 0.15) is 186 Å². The summed E-state index contributed by atoms with van der Waals surface area (Å²) in [6.07, 6.45) is 17.3. The van der Waals surface area contributed by atoms with Crippen molar-refractivity contribution in [2.24, 2.45) is 35.5 Å². The quantitative estimate of drug-likeness (QED) is 0.0947. The molecule has 0 bridgehead atoms. The van der Waals surface area contributed by atoms with Crippen LogP contribution in [0.2, 0.25) is 0 Å². The van der Waals surface area contributed by atoms with Gasteiger partial charge in [-0.1, -0.05) is 160 Å². The van der Waals surface area contributed by atoms with Crippen LogP contribution >= 0.6 is 8.25 Å². The van der Waals surface area contributed by atoms with Gasteiger partial charge in [0.1, 0.15) is 11.2 Å². The molecule has 0 spiro atoms. The highest BCUT2D eigenvalue weighted by molar-refractivity contribution is 7.33. The fourth-order valence-corrected chi connectivity index (χ4v) is 9.00. The minimum atomic E-state index is -2.26. The molecule has 0 aromatic rings. The molecule has 0 N–H and O–H groups in total. The topological polar surface area (TPSA) is 35.5 Å². The minimum absolute atomic E-state index is 0.386. The van der Waals surface area contributed by atoms with Gasteiger partial charge in [0.05, 0.1) is 0 Å². The molecule has 0 aromatic carbocycles. The molecule has 3 nitrogen and oxygen atoms in total. The van der Waals surface area contributed by atoms with E-state index in [-0.39, 0.29) is 0 Å². The van der Waals surface area contributed by atoms with Gasteiger partial charge >= 0.3 is 8.25 Å². The van der Waals surface area contributed by atoms with E-state index in [9.17, 15) is 4.57 Å². The van der Waals surface area contributed by atoms with E-state index in [1.165, 1.54) is 0 Å². The Morgan fingerprint density at radius 2 is 0.600 bits per heavy atom. The molecule has 0 radical (unpaired) electrons. The Morgan fingerprint density at radius 3 is 0.750 bits per heavy atom. The van der Waals surface area contributed by atoms with Gasteiger partial charge in [-0.3, -0.25) is 0 Å². The highest BCUT2D eigenvalue weighted by Gasteiger charge is 2.53. The van der Waals surface area contributed by atoms with Gasteiger partial charge < -0.3 is 0 Å². The Bertz CT molecular complexity index is 532. The molecule has 240 valence electrons. The number of hydrogen-bond donors (Lipinski definition) is 0. The molecule has 0 saturated carbocycles. The van der Waals surface area contributed by atoms with Gasteiger partial charge in [0.25, 0.3) is 0 Å². The smallest absolute Gasteiger partial charge is 0.112 e. The van der Waals surface area contributed by atoms with Crippen molar-refractivity contribution < 1.29 is 13.6 Å². The molecule has 0 aromatic heterocycles. The van der Waals surface area contributed by atoms with E-state index in [4.69, 9.17) is 9.05 Å². The Balaban J connectivity index is 6.86. The largest absolute Gasteiger partial charge is 0.698 e. The lowest BCUT2D eigenvalue weighted by Crippen LogP contribution is -2.45. The lowest BCUT2D eigenvalue weighted by molar-refractivity contribution is -0.0809. The van der Waals surface area contributed by atoms with Crippen molar-refractivity contribution in [3.05, 3.63) is 0 Å². The Labute approximate surface area is 254 Å². The first-order chi connectivity index (χ1) is 19.1. The summed E-state index contributed by atoms with van der Waals surface area (Å²) in [4.78, 5) is 0. The van der Waals surface area contributed by atoms with Crippen molar-refractivity contribution >= 4 is 8.25 Å². The van der Waals surface area contributed by atoms with Crippen molar-refractivity contribution in [1.82, 2.24) is 0 Å². The molecule has 4 heteroatoms. The zero-order valence-electron chi connectivity index (χ0n) is 29.4. The van der Waals surface area contributed by atoms with E-state index >= 15 is 0 Å². The van der Waals surface area contributed by atoms with E-state index in [0.717, 1.165) is 103 Å². The van der Waals surface area contributed by atoms with Crippen LogP contribution in [0, 0.1) is 35.5 Å². The van der Waals surface area contributed by atoms with E-state index in [1.807, 2.05) is 0 Å². The first-order valence-corrected chi connectivity index (χ1v) is 19.1. The molecule has 0 saturated heterocycles. The fourth-order valence-electron chi connectivity index (χ4n) is 7.78. The molecule has 0 aliphatic heterocycles. The number of rotatable bonds is 26. The molecule has 0 rings (SSSR count). The second-order valence-electron chi connectivity index (χ2n) is 13.1. The third-order valence-corrected chi connectivity index (χ3v) is 12.2. The molecule has 0 atom stereocenters. The summed E-state index contributed by atoms with van der Waals surface area (Å²) in [6, 6.07) is 0. The molecule has 0 aliphatic carbocycles. The normalized spacial score (nSPS) is 13.2. The second-order valence-corrected chi connectivity index (χ2v) is 13.9. The molecule has 0 amide bonds. The van der Waals surface area contributed by atoms with Crippen LogP contribution in [0.5, 0.6) is 0 Å². The first kappa shape index (κ1) is 40.0. The van der Waals surface area contributed by atoms with E-state index in [2.05, 4.69) is 83.1 Å². The van der Waals surface area contributed by atoms with Crippen LogP contribution in [-0.4, -0.2) is 11.2 Å². The van der Waals surface area contributed by atoms with Crippen LogP contribution < -0.4 is 0 Å². The van der Waals surface area contributed by atoms with Gasteiger partial charge in [-0.2, -0.15) is 0 Å². The SMILES string of the molecule is CCC(CC)CC(CC(CC)CC)(O[P+](=O)OC(CC(CC)CC)(CC(CC)CC)C(CC)CC)C(CC)CC. The molecule has 40 heavy (non-hydrogen) atoms. The third-order valence-electron chi connectivity index (χ3n) is 11.1. The average molecular weight is 586 g/mol. The predicted molar refractivity (Wildman–Crippen MR) is 178 cm³/mol. The average Bonchev–Trinajstić information content (AvgIpc) is 2.97. The maximum absolute atomic E-state index is 14.5. The van der Waals surface area contributed by atoms with Crippen molar-refractivity contribution in [3.63, 3.8) is 0 Å². The van der Waals surface area contributed by atoms with Crippen molar-refractivity contribution in [3.8, 4) is 0 Å². The Morgan fingerprint density at radius 1 is 0.400 bits per heavy atom. The fraction of sp³-hybridized carbons (Fsp3) is 1.00. The van der Waals surface area contributed by atoms with Crippen molar-refractivity contribution in [1.29, 1.82) is 0 Å². The van der Waals surface area contributed by atoms with Gasteiger partial charge in [0, 0.05) is 4.57 Å². The lowest BCUT2D eigenvalue weighted by atomic mass is 9.71.